The number of hydrogen-bond donors (Lipinski definition) is 26. The van der Waals surface area contributed by atoms with Crippen molar-refractivity contribution in [2.75, 3.05) is 39.9 Å². The number of phenols is 3. The number of benzene rings is 5. The van der Waals surface area contributed by atoms with Gasteiger partial charge in [-0.1, -0.05) is 108 Å². The van der Waals surface area contributed by atoms with Crippen molar-refractivity contribution < 1.29 is 143 Å². The lowest BCUT2D eigenvalue weighted by Gasteiger charge is -2.49. The van der Waals surface area contributed by atoms with E-state index in [9.17, 15) is 90.7 Å². The molecule has 22 atom stereocenters. The maximum absolute atomic E-state index is 16.4. The zero-order chi connectivity index (χ0) is 93.6. The summed E-state index contributed by atoms with van der Waals surface area (Å²) < 4.78 is 33.6. The van der Waals surface area contributed by atoms with Crippen LogP contribution in [0.3, 0.4) is 0 Å². The van der Waals surface area contributed by atoms with Gasteiger partial charge in [-0.3, -0.25) is 38.4 Å². The average molecular weight is 1840 g/mol. The Hall–Kier alpha value is -9.93. The molecule has 1 saturated heterocycles. The summed E-state index contributed by atoms with van der Waals surface area (Å²) in [7, 11) is 1.47. The summed E-state index contributed by atoms with van der Waals surface area (Å²) in [6, 6.07) is -2.09. The zero-order valence-electron chi connectivity index (χ0n) is 71.1. The fourth-order valence-corrected chi connectivity index (χ4v) is 16.8. The van der Waals surface area contributed by atoms with Crippen LogP contribution >= 0.6 is 23.2 Å². The molecule has 702 valence electrons. The second kappa shape index (κ2) is 44.6. The molecule has 27 N–H and O–H groups in total. The van der Waals surface area contributed by atoms with E-state index >= 15 is 24.0 Å². The molecule has 2 fully saturated rings. The van der Waals surface area contributed by atoms with E-state index in [1.165, 1.54) is 19.2 Å². The summed E-state index contributed by atoms with van der Waals surface area (Å²) in [6.45, 7) is 7.05. The van der Waals surface area contributed by atoms with Crippen molar-refractivity contribution in [2.24, 2.45) is 17.6 Å². The molecule has 3 unspecified atom stereocenters. The van der Waals surface area contributed by atoms with Crippen molar-refractivity contribution >= 4 is 76.4 Å². The number of rotatable bonds is 33. The molecule has 1 saturated carbocycles. The number of halogens is 2. The summed E-state index contributed by atoms with van der Waals surface area (Å²) in [6.07, 6.45) is -17.6. The molecule has 1 aliphatic carbocycles. The zero-order valence-corrected chi connectivity index (χ0v) is 72.6. The van der Waals surface area contributed by atoms with Gasteiger partial charge in [-0.05, 0) is 148 Å². The van der Waals surface area contributed by atoms with E-state index in [4.69, 9.17) is 57.7 Å². The predicted molar refractivity (Wildman–Crippen MR) is 455 cm³/mol. The van der Waals surface area contributed by atoms with E-state index in [0.29, 0.717) is 6.54 Å². The van der Waals surface area contributed by atoms with Gasteiger partial charge in [-0.25, -0.2) is 4.79 Å². The van der Waals surface area contributed by atoms with Gasteiger partial charge in [0.25, 0.3) is 5.91 Å². The number of carboxylic acid groups (broad SMARTS) is 1. The number of carbonyl (C=O) groups excluding carboxylic acids is 8. The van der Waals surface area contributed by atoms with Crippen LogP contribution in [0.5, 0.6) is 46.0 Å². The highest BCUT2D eigenvalue weighted by molar-refractivity contribution is 6.32. The highest BCUT2D eigenvalue weighted by Gasteiger charge is 2.52. The molecular weight excluding hydrogens is 1720 g/mol. The minimum Gasteiger partial charge on any atom is -0.507 e. The number of aromatic hydroxyl groups is 3. The molecule has 128 heavy (non-hydrogen) atoms. The van der Waals surface area contributed by atoms with Gasteiger partial charge in [0.15, 0.2) is 23.6 Å². The number of fused-ring (bicyclic) bond motifs is 15. The Kier molecular flexibility index (Phi) is 34.9. The molecule has 7 aliphatic rings. The summed E-state index contributed by atoms with van der Waals surface area (Å²) in [5, 5.41) is 194. The summed E-state index contributed by atoms with van der Waals surface area (Å²) in [4.78, 5) is 132. The number of aliphatic hydroxyl groups is 11. The quantitative estimate of drug-likeness (QED) is 0.0249. The minimum absolute atomic E-state index is 0.00945. The Balaban J connectivity index is 1.16. The first-order valence-electron chi connectivity index (χ1n) is 42.3. The van der Waals surface area contributed by atoms with E-state index in [-0.39, 0.29) is 66.6 Å². The fourth-order valence-electron chi connectivity index (χ4n) is 16.3. The minimum atomic E-state index is -2.41. The number of nitrogens with one attached hydrogen (secondary N) is 10. The molecule has 5 aromatic rings. The largest absolute Gasteiger partial charge is 0.507 e. The van der Waals surface area contributed by atoms with Crippen LogP contribution < -0.4 is 73.1 Å². The number of aliphatic carboxylic acids is 1. The predicted octanol–water partition coefficient (Wildman–Crippen LogP) is 0.183. The van der Waals surface area contributed by atoms with E-state index in [1.54, 1.807) is 0 Å². The second-order valence-electron chi connectivity index (χ2n) is 33.5. The molecule has 6 heterocycles. The molecule has 40 nitrogen and oxygen atoms in total. The molecule has 6 aliphatic heterocycles. The normalized spacial score (nSPS) is 26.7. The first kappa shape index (κ1) is 100. The van der Waals surface area contributed by atoms with Crippen LogP contribution in [0.15, 0.2) is 72.8 Å². The number of amides is 8. The molecule has 0 radical (unpaired) electrons. The van der Waals surface area contributed by atoms with E-state index in [0.717, 1.165) is 106 Å². The third-order valence-corrected chi connectivity index (χ3v) is 24.0. The van der Waals surface area contributed by atoms with Gasteiger partial charge >= 0.3 is 5.97 Å². The number of primary amides is 1. The smallest absolute Gasteiger partial charge is 0.330 e. The number of carboxylic acids is 1. The van der Waals surface area contributed by atoms with Crippen LogP contribution in [0.4, 0.5) is 0 Å². The SMILES string of the molecule is CCCCCCCCCNC1(C)C[C@H](O[C@@H]2C(O)C(O)[C@@H](CO)O[C@H]2Oc2c3cc4cc2Oc2ccc(cc2Cl)[C@@H](O)[C@@H](NC(=O)[C@@H](CC(C)C)NC)C(=O)N[C@@H](CC(N)=O)C(=O)N[C@H]4C(=O)N[C@H]2C(=O)N[C@H](C(=O)N[C@H](C(=O)O)c4cc(O)c(CNCCCNC(=O)[C@H](O)[C@@H](O)[C@H](O)[C@H](O)CO)c(O)c4-c4cc2ccc4O)[C@H](O)c2ccc(c(Cl)c2)O3)C[C@@H](C)[C@H]1O. The Morgan fingerprint density at radius 1 is 0.672 bits per heavy atom. The first-order chi connectivity index (χ1) is 60.7. The van der Waals surface area contributed by atoms with Gasteiger partial charge < -0.3 is 159 Å². The van der Waals surface area contributed by atoms with E-state index < -0.39 is 291 Å². The van der Waals surface area contributed by atoms with Crippen molar-refractivity contribution in [2.45, 2.75) is 246 Å². The lowest BCUT2D eigenvalue weighted by Crippen LogP contribution is -2.64. The van der Waals surface area contributed by atoms with Crippen LogP contribution in [-0.2, 0) is 59.2 Å². The van der Waals surface area contributed by atoms with Gasteiger partial charge in [-0.2, -0.15) is 0 Å². The highest BCUT2D eigenvalue weighted by atomic mass is 35.5. The van der Waals surface area contributed by atoms with Gasteiger partial charge in [0, 0.05) is 35.3 Å². The summed E-state index contributed by atoms with van der Waals surface area (Å²) in [5.74, 6) is -18.4. The third-order valence-electron chi connectivity index (χ3n) is 23.4. The number of unbranched alkanes of at least 4 members (excludes halogenated alkanes) is 6. The Bertz CT molecular complexity index is 4810. The van der Waals surface area contributed by atoms with Crippen LogP contribution in [0.1, 0.15) is 175 Å². The Morgan fingerprint density at radius 2 is 1.29 bits per heavy atom. The van der Waals surface area contributed by atoms with Crippen LogP contribution in [-0.4, -0.2) is 267 Å². The first-order valence-corrected chi connectivity index (χ1v) is 43.1. The number of carbonyl (C=O) groups is 9. The molecule has 12 rings (SSSR count). The Labute approximate surface area is 745 Å². The van der Waals surface area contributed by atoms with Crippen LogP contribution in [0.25, 0.3) is 11.1 Å². The number of ether oxygens (including phenoxy) is 5. The van der Waals surface area contributed by atoms with Gasteiger partial charge in [0.2, 0.25) is 53.4 Å². The Morgan fingerprint density at radius 3 is 1.90 bits per heavy atom. The standard InChI is InChI=1S/C86H115Cl2N11O29/c1-7-8-9-10-11-12-13-23-93-86(5)33-43(25-38(4)76(86)114)124-75-72(112)70(110)58(36-101)127-85(75)128-74-56-29-42-30-57(74)126-55-20-17-41(28-48(55)88)67(107)65-82(120)97-63(84(122)123)45-31-52(103)46(34-91-21-14-22-92-83(121)73(113)71(111)69(109)53(104)35-100)68(108)60(45)44-26-39(15-18-51(44)102)61(79(117)99-65)96-80(118)62(42)95-78(116)50(32-59(89)105)94-81(119)64(98-77(115)49(90-6)24-37(2)3)66(106)40-16-19-54(125-56)47(87)27-40/h15-20,26-31,37-38,43,49-50,53,58,61-67,69-73,75-76,85,90-91,93,100-104,106-114H,7-14,21-25,32-36H2,1-6H3,(H2,89,105)(H,92,121)(H,94,119)(H,95,116)(H,96,118)(H,97,120)(H,98,115)(H,99,117)(H,122,123)/t38-,43-,49-,50+,53-,58-,61-,62-,63+,64-,65+,66-,67-,69-,70?,71+,72?,73-,75-,76-,85+,86?/m1/s1. The van der Waals surface area contributed by atoms with Crippen molar-refractivity contribution in [3.8, 4) is 57.1 Å². The lowest BCUT2D eigenvalue weighted by atomic mass is 9.73. The van der Waals surface area contributed by atoms with E-state index in [1.807, 2.05) is 27.7 Å². The molecular formula is C86H115Cl2N11O29. The number of nitrogens with two attached hydrogens (primary N) is 1. The summed E-state index contributed by atoms with van der Waals surface area (Å²) >= 11 is 14.4. The molecule has 42 heteroatoms. The monoisotopic (exact) mass is 1840 g/mol. The second-order valence-corrected chi connectivity index (χ2v) is 34.3. The molecule has 8 amide bonds. The number of hydrogen-bond acceptors (Lipinski definition) is 31. The highest BCUT2D eigenvalue weighted by Crippen LogP contribution is 2.51. The number of likely N-dealkylation sites (N-methyl/N-ethyl adjacent to an activating group) is 1. The van der Waals surface area contributed by atoms with Crippen LogP contribution in [0, 0.1) is 11.8 Å². The fraction of sp³-hybridized carbons (Fsp3) is 0.547. The third kappa shape index (κ3) is 23.8. The van der Waals surface area contributed by atoms with Gasteiger partial charge in [0.1, 0.15) is 114 Å². The van der Waals surface area contributed by atoms with Crippen molar-refractivity contribution in [3.63, 3.8) is 0 Å². The van der Waals surface area contributed by atoms with Crippen molar-refractivity contribution in [1.82, 2.24) is 53.2 Å². The maximum atomic E-state index is 16.4. The number of aliphatic hydroxyl groups excluding tert-OH is 11. The molecule has 11 bridgehead atoms. The lowest BCUT2D eigenvalue weighted by molar-refractivity contribution is -0.299. The van der Waals surface area contributed by atoms with Crippen molar-refractivity contribution in [1.29, 1.82) is 0 Å². The molecule has 0 aromatic heterocycles. The topological polar surface area (TPSA) is 650 Å². The van der Waals surface area contributed by atoms with Gasteiger partial charge in [0.05, 0.1) is 53.5 Å². The maximum Gasteiger partial charge on any atom is 0.330 e. The van der Waals surface area contributed by atoms with Crippen molar-refractivity contribution in [3.05, 3.63) is 116 Å². The number of phenolic OH excluding ortho intramolecular Hbond substituents is 3. The van der Waals surface area contributed by atoms with Crippen LogP contribution in [0.2, 0.25) is 10.0 Å². The van der Waals surface area contributed by atoms with Gasteiger partial charge in [-0.15, -0.1) is 0 Å². The molecule has 5 aromatic carbocycles. The average Bonchev–Trinajstić information content (AvgIpc) is 0.788. The van der Waals surface area contributed by atoms with E-state index in [2.05, 4.69) is 60.1 Å². The molecule has 0 spiro atoms. The summed E-state index contributed by atoms with van der Waals surface area (Å²) in [5.41, 5.74) is 1.05.